The SMILES string of the molecule is C#CCC=N/C(C)=C\C. The lowest BCUT2D eigenvalue weighted by atomic mass is 10.4. The Bertz CT molecular complexity index is 158. The van der Waals surface area contributed by atoms with E-state index < -0.39 is 0 Å². The summed E-state index contributed by atoms with van der Waals surface area (Å²) in [4.78, 5) is 4.03. The van der Waals surface area contributed by atoms with Crippen molar-refractivity contribution in [3.8, 4) is 12.3 Å². The summed E-state index contributed by atoms with van der Waals surface area (Å²) in [5.74, 6) is 2.47. The number of hydrogen-bond acceptors (Lipinski definition) is 1. The minimum Gasteiger partial charge on any atom is -0.265 e. The predicted molar refractivity (Wildman–Crippen MR) is 41.4 cm³/mol. The van der Waals surface area contributed by atoms with E-state index in [4.69, 9.17) is 6.42 Å². The number of hydrogen-bond donors (Lipinski definition) is 0. The van der Waals surface area contributed by atoms with Gasteiger partial charge in [0.25, 0.3) is 0 Å². The van der Waals surface area contributed by atoms with Crippen molar-refractivity contribution in [2.75, 3.05) is 0 Å². The number of aliphatic imine (C=N–C) groups is 1. The van der Waals surface area contributed by atoms with Gasteiger partial charge in [-0.1, -0.05) is 6.08 Å². The quantitative estimate of drug-likeness (QED) is 0.391. The molecule has 0 spiro atoms. The largest absolute Gasteiger partial charge is 0.265 e. The molecule has 0 bridgehead atoms. The smallest absolute Gasteiger partial charge is 0.0441 e. The third kappa shape index (κ3) is 4.83. The first-order valence-electron chi connectivity index (χ1n) is 2.90. The lowest BCUT2D eigenvalue weighted by Gasteiger charge is -1.84. The molecule has 0 saturated heterocycles. The lowest BCUT2D eigenvalue weighted by molar-refractivity contribution is 1.28. The first kappa shape index (κ1) is 7.97. The fourth-order valence-electron chi connectivity index (χ4n) is 0.317. The van der Waals surface area contributed by atoms with E-state index >= 15 is 0 Å². The third-order valence-electron chi connectivity index (χ3n) is 0.922. The van der Waals surface area contributed by atoms with Crippen molar-refractivity contribution in [2.45, 2.75) is 20.3 Å². The van der Waals surface area contributed by atoms with Gasteiger partial charge in [0.05, 0.1) is 0 Å². The summed E-state index contributed by atoms with van der Waals surface area (Å²) in [5, 5.41) is 0. The second-order valence-electron chi connectivity index (χ2n) is 1.65. The zero-order chi connectivity index (χ0) is 7.11. The van der Waals surface area contributed by atoms with E-state index in [0.29, 0.717) is 6.42 Å². The number of allylic oxidation sites excluding steroid dienone is 2. The molecule has 0 aromatic carbocycles. The van der Waals surface area contributed by atoms with Gasteiger partial charge in [0.1, 0.15) is 0 Å². The summed E-state index contributed by atoms with van der Waals surface area (Å²) in [6, 6.07) is 0. The zero-order valence-corrected chi connectivity index (χ0v) is 5.89. The van der Waals surface area contributed by atoms with Crippen LogP contribution in [0.2, 0.25) is 0 Å². The molecule has 1 heteroatoms. The van der Waals surface area contributed by atoms with Crippen molar-refractivity contribution in [1.82, 2.24) is 0 Å². The molecule has 0 aromatic heterocycles. The van der Waals surface area contributed by atoms with Crippen molar-refractivity contribution in [1.29, 1.82) is 0 Å². The monoisotopic (exact) mass is 121 g/mol. The Hall–Kier alpha value is -1.03. The second kappa shape index (κ2) is 5.11. The van der Waals surface area contributed by atoms with E-state index in [9.17, 15) is 0 Å². The summed E-state index contributed by atoms with van der Waals surface area (Å²) in [5.41, 5.74) is 1.00. The van der Waals surface area contributed by atoms with Crippen molar-refractivity contribution >= 4 is 6.21 Å². The molecule has 0 amide bonds. The van der Waals surface area contributed by atoms with Crippen molar-refractivity contribution in [3.63, 3.8) is 0 Å². The summed E-state index contributed by atoms with van der Waals surface area (Å²) in [6.07, 6.45) is 9.28. The zero-order valence-electron chi connectivity index (χ0n) is 5.89. The first-order chi connectivity index (χ1) is 4.31. The molecular weight excluding hydrogens is 110 g/mol. The van der Waals surface area contributed by atoms with Gasteiger partial charge in [-0.05, 0) is 13.8 Å². The molecule has 0 radical (unpaired) electrons. The number of terminal acetylenes is 1. The van der Waals surface area contributed by atoms with E-state index in [1.807, 2.05) is 19.9 Å². The van der Waals surface area contributed by atoms with E-state index in [2.05, 4.69) is 10.9 Å². The van der Waals surface area contributed by atoms with Crippen LogP contribution in [0.1, 0.15) is 20.3 Å². The van der Waals surface area contributed by atoms with Crippen molar-refractivity contribution < 1.29 is 0 Å². The van der Waals surface area contributed by atoms with Crippen LogP contribution in [0.25, 0.3) is 0 Å². The molecule has 0 N–H and O–H groups in total. The van der Waals surface area contributed by atoms with E-state index in [1.165, 1.54) is 0 Å². The van der Waals surface area contributed by atoms with E-state index in [0.717, 1.165) is 5.70 Å². The number of rotatable bonds is 2. The van der Waals surface area contributed by atoms with Gasteiger partial charge < -0.3 is 0 Å². The Morgan fingerprint density at radius 1 is 1.78 bits per heavy atom. The molecule has 1 nitrogen and oxygen atoms in total. The fraction of sp³-hybridized carbons (Fsp3) is 0.375. The van der Waals surface area contributed by atoms with Gasteiger partial charge >= 0.3 is 0 Å². The van der Waals surface area contributed by atoms with Crippen LogP contribution in [0, 0.1) is 12.3 Å². The average molecular weight is 121 g/mol. The lowest BCUT2D eigenvalue weighted by Crippen LogP contribution is -1.71. The molecular formula is C8H11N. The molecule has 0 aliphatic carbocycles. The van der Waals surface area contributed by atoms with Gasteiger partial charge in [-0.25, -0.2) is 0 Å². The summed E-state index contributed by atoms with van der Waals surface area (Å²) >= 11 is 0. The molecule has 0 rings (SSSR count). The Morgan fingerprint density at radius 2 is 2.44 bits per heavy atom. The topological polar surface area (TPSA) is 12.4 Å². The summed E-state index contributed by atoms with van der Waals surface area (Å²) < 4.78 is 0. The molecule has 0 fully saturated rings. The average Bonchev–Trinajstić information content (AvgIpc) is 1.89. The highest BCUT2D eigenvalue weighted by Crippen LogP contribution is 1.90. The third-order valence-corrected chi connectivity index (χ3v) is 0.922. The standard InChI is InChI=1S/C8H11N/c1-4-6-7-9-8(3)5-2/h1,5,7H,6H2,2-3H3/b8-5-,9-7?. The normalized spacial score (nSPS) is 11.9. The fourth-order valence-corrected chi connectivity index (χ4v) is 0.317. The molecule has 0 aliphatic rings. The van der Waals surface area contributed by atoms with Crippen LogP contribution in [0.15, 0.2) is 16.8 Å². The maximum atomic E-state index is 5.00. The van der Waals surface area contributed by atoms with Gasteiger partial charge in [0.2, 0.25) is 0 Å². The van der Waals surface area contributed by atoms with Gasteiger partial charge in [-0.2, -0.15) is 0 Å². The number of nitrogens with zero attached hydrogens (tertiary/aromatic N) is 1. The molecule has 0 atom stereocenters. The van der Waals surface area contributed by atoms with Crippen molar-refractivity contribution in [3.05, 3.63) is 11.8 Å². The Kier molecular flexibility index (Phi) is 4.53. The second-order valence-corrected chi connectivity index (χ2v) is 1.65. The molecule has 48 valence electrons. The minimum absolute atomic E-state index is 0.616. The molecule has 0 aliphatic heterocycles. The Balaban J connectivity index is 3.61. The molecule has 9 heavy (non-hydrogen) atoms. The predicted octanol–water partition coefficient (Wildman–Crippen LogP) is 2.00. The van der Waals surface area contributed by atoms with Crippen LogP contribution in [0.3, 0.4) is 0 Å². The van der Waals surface area contributed by atoms with Crippen LogP contribution >= 0.6 is 0 Å². The van der Waals surface area contributed by atoms with Gasteiger partial charge in [-0.15, -0.1) is 12.3 Å². The van der Waals surface area contributed by atoms with Crippen LogP contribution in [0.4, 0.5) is 0 Å². The molecule has 0 saturated carbocycles. The van der Waals surface area contributed by atoms with Gasteiger partial charge in [0, 0.05) is 18.3 Å². The van der Waals surface area contributed by atoms with E-state index in [-0.39, 0.29) is 0 Å². The summed E-state index contributed by atoms with van der Waals surface area (Å²) in [7, 11) is 0. The highest BCUT2D eigenvalue weighted by atomic mass is 14.7. The summed E-state index contributed by atoms with van der Waals surface area (Å²) in [6.45, 7) is 3.88. The van der Waals surface area contributed by atoms with Gasteiger partial charge in [0.15, 0.2) is 0 Å². The van der Waals surface area contributed by atoms with E-state index in [1.54, 1.807) is 6.21 Å². The van der Waals surface area contributed by atoms with Crippen molar-refractivity contribution in [2.24, 2.45) is 4.99 Å². The van der Waals surface area contributed by atoms with Gasteiger partial charge in [-0.3, -0.25) is 4.99 Å². The Labute approximate surface area is 56.5 Å². The van der Waals surface area contributed by atoms with Crippen LogP contribution in [0.5, 0.6) is 0 Å². The molecule has 0 unspecified atom stereocenters. The van der Waals surface area contributed by atoms with Crippen LogP contribution in [-0.4, -0.2) is 6.21 Å². The maximum Gasteiger partial charge on any atom is 0.0441 e. The maximum absolute atomic E-state index is 5.00. The molecule has 0 aromatic rings. The Morgan fingerprint density at radius 3 is 2.89 bits per heavy atom. The molecule has 0 heterocycles. The van der Waals surface area contributed by atoms with Crippen LogP contribution in [-0.2, 0) is 0 Å². The highest BCUT2D eigenvalue weighted by molar-refractivity contribution is 5.61. The minimum atomic E-state index is 0.616. The highest BCUT2D eigenvalue weighted by Gasteiger charge is 1.74. The van der Waals surface area contributed by atoms with Crippen LogP contribution < -0.4 is 0 Å². The first-order valence-corrected chi connectivity index (χ1v) is 2.90.